The van der Waals surface area contributed by atoms with Crippen molar-refractivity contribution in [1.82, 2.24) is 9.55 Å². The Labute approximate surface area is 99.0 Å². The second kappa shape index (κ2) is 5.86. The van der Waals surface area contributed by atoms with Gasteiger partial charge in [0.15, 0.2) is 5.15 Å². The van der Waals surface area contributed by atoms with Crippen molar-refractivity contribution in [2.45, 2.75) is 19.4 Å². The summed E-state index contributed by atoms with van der Waals surface area (Å²) in [6.45, 7) is 2.49. The maximum Gasteiger partial charge on any atom is 0.297 e. The summed E-state index contributed by atoms with van der Waals surface area (Å²) in [7, 11) is 3.02. The molecule has 0 aliphatic heterocycles. The highest BCUT2D eigenvalue weighted by Gasteiger charge is 2.14. The summed E-state index contributed by atoms with van der Waals surface area (Å²) < 4.78 is 11.4. The highest BCUT2D eigenvalue weighted by molar-refractivity contribution is 6.30. The summed E-state index contributed by atoms with van der Waals surface area (Å²) in [5.41, 5.74) is -0.272. The van der Waals surface area contributed by atoms with E-state index in [1.807, 2.05) is 6.92 Å². The molecule has 1 aromatic rings. The Morgan fingerprint density at radius 2 is 2.25 bits per heavy atom. The van der Waals surface area contributed by atoms with Crippen molar-refractivity contribution in [2.24, 2.45) is 0 Å². The van der Waals surface area contributed by atoms with E-state index in [2.05, 4.69) is 4.98 Å². The number of nitrogens with zero attached hydrogens (tertiary/aromatic N) is 2. The van der Waals surface area contributed by atoms with Crippen molar-refractivity contribution in [2.75, 3.05) is 20.8 Å². The van der Waals surface area contributed by atoms with E-state index in [1.54, 1.807) is 7.11 Å². The molecule has 0 aliphatic rings. The fourth-order valence-electron chi connectivity index (χ4n) is 1.34. The van der Waals surface area contributed by atoms with Gasteiger partial charge in [-0.05, 0) is 13.3 Å². The molecule has 1 aromatic heterocycles. The van der Waals surface area contributed by atoms with E-state index in [4.69, 9.17) is 21.1 Å². The van der Waals surface area contributed by atoms with Gasteiger partial charge >= 0.3 is 0 Å². The standard InChI is InChI=1S/C10H15ClN2O3/c1-7(4-5-15-2)13-6-12-9(11)8(16-3)10(13)14/h6-7H,4-5H2,1-3H3. The lowest BCUT2D eigenvalue weighted by atomic mass is 10.2. The Bertz CT molecular complexity index is 406. The Morgan fingerprint density at radius 1 is 1.56 bits per heavy atom. The SMILES string of the molecule is COCCC(C)n1cnc(Cl)c(OC)c1=O. The number of hydrogen-bond acceptors (Lipinski definition) is 4. The van der Waals surface area contributed by atoms with Crippen LogP contribution in [0.2, 0.25) is 5.15 Å². The highest BCUT2D eigenvalue weighted by atomic mass is 35.5. The van der Waals surface area contributed by atoms with Crippen LogP contribution in [0.1, 0.15) is 19.4 Å². The summed E-state index contributed by atoms with van der Waals surface area (Å²) in [5, 5.41) is 0.0858. The van der Waals surface area contributed by atoms with Gasteiger partial charge in [-0.1, -0.05) is 11.6 Å². The van der Waals surface area contributed by atoms with Crippen molar-refractivity contribution >= 4 is 11.6 Å². The average molecular weight is 247 g/mol. The normalized spacial score (nSPS) is 12.5. The molecule has 0 bridgehead atoms. The van der Waals surface area contributed by atoms with Gasteiger partial charge in [0.05, 0.1) is 13.4 Å². The molecule has 0 aliphatic carbocycles. The van der Waals surface area contributed by atoms with E-state index in [0.717, 1.165) is 6.42 Å². The van der Waals surface area contributed by atoms with Gasteiger partial charge in [-0.3, -0.25) is 9.36 Å². The summed E-state index contributed by atoms with van der Waals surface area (Å²) >= 11 is 5.74. The fourth-order valence-corrected chi connectivity index (χ4v) is 1.54. The van der Waals surface area contributed by atoms with Gasteiger partial charge in [0, 0.05) is 19.8 Å². The average Bonchev–Trinajstić information content (AvgIpc) is 2.26. The quantitative estimate of drug-likeness (QED) is 0.739. The molecule has 5 nitrogen and oxygen atoms in total. The molecular formula is C10H15ClN2O3. The van der Waals surface area contributed by atoms with Crippen LogP contribution in [0.3, 0.4) is 0 Å². The van der Waals surface area contributed by atoms with Crippen molar-refractivity contribution in [3.8, 4) is 5.75 Å². The number of hydrogen-bond donors (Lipinski definition) is 0. The molecule has 6 heteroatoms. The van der Waals surface area contributed by atoms with E-state index < -0.39 is 0 Å². The Kier molecular flexibility index (Phi) is 4.76. The Morgan fingerprint density at radius 3 is 2.81 bits per heavy atom. The Hall–Kier alpha value is -1.07. The number of rotatable bonds is 5. The van der Waals surface area contributed by atoms with Gasteiger partial charge in [0.25, 0.3) is 5.56 Å². The van der Waals surface area contributed by atoms with Crippen molar-refractivity contribution in [1.29, 1.82) is 0 Å². The number of ether oxygens (including phenoxy) is 2. The van der Waals surface area contributed by atoms with Crippen LogP contribution in [0, 0.1) is 0 Å². The molecule has 0 amide bonds. The largest absolute Gasteiger partial charge is 0.489 e. The van der Waals surface area contributed by atoms with Crippen molar-refractivity contribution in [3.63, 3.8) is 0 Å². The maximum absolute atomic E-state index is 11.9. The molecule has 1 unspecified atom stereocenters. The molecule has 0 spiro atoms. The first-order chi connectivity index (χ1) is 7.61. The van der Waals surface area contributed by atoms with Gasteiger partial charge in [0.1, 0.15) is 0 Å². The predicted octanol–water partition coefficient (Wildman–Crippen LogP) is 1.50. The van der Waals surface area contributed by atoms with E-state index >= 15 is 0 Å². The number of halogens is 1. The minimum atomic E-state index is -0.272. The third kappa shape index (κ3) is 2.74. The second-order valence-electron chi connectivity index (χ2n) is 3.41. The third-order valence-corrected chi connectivity index (χ3v) is 2.60. The highest BCUT2D eigenvalue weighted by Crippen LogP contribution is 2.17. The second-order valence-corrected chi connectivity index (χ2v) is 3.77. The van der Waals surface area contributed by atoms with E-state index in [0.29, 0.717) is 6.61 Å². The van der Waals surface area contributed by atoms with Crippen LogP contribution < -0.4 is 10.3 Å². The zero-order valence-electron chi connectivity index (χ0n) is 9.57. The molecular weight excluding hydrogens is 232 g/mol. The minimum Gasteiger partial charge on any atom is -0.489 e. The zero-order chi connectivity index (χ0) is 12.1. The molecule has 0 radical (unpaired) electrons. The molecule has 1 heterocycles. The van der Waals surface area contributed by atoms with Crippen LogP contribution in [0.25, 0.3) is 0 Å². The lowest BCUT2D eigenvalue weighted by Crippen LogP contribution is -2.25. The summed E-state index contributed by atoms with van der Waals surface area (Å²) in [4.78, 5) is 15.8. The van der Waals surface area contributed by atoms with E-state index in [9.17, 15) is 4.79 Å². The third-order valence-electron chi connectivity index (χ3n) is 2.33. The van der Waals surface area contributed by atoms with Gasteiger partial charge < -0.3 is 9.47 Å². The smallest absolute Gasteiger partial charge is 0.297 e. The molecule has 0 saturated carbocycles. The van der Waals surface area contributed by atoms with Gasteiger partial charge in [-0.2, -0.15) is 0 Å². The van der Waals surface area contributed by atoms with Gasteiger partial charge in [-0.15, -0.1) is 0 Å². The first kappa shape index (κ1) is 13.0. The van der Waals surface area contributed by atoms with Gasteiger partial charge in [0.2, 0.25) is 5.75 Å². The maximum atomic E-state index is 11.9. The van der Waals surface area contributed by atoms with Crippen LogP contribution in [0.15, 0.2) is 11.1 Å². The van der Waals surface area contributed by atoms with Crippen molar-refractivity contribution in [3.05, 3.63) is 21.8 Å². The molecule has 0 aromatic carbocycles. The molecule has 1 rings (SSSR count). The van der Waals surface area contributed by atoms with E-state index in [1.165, 1.54) is 18.0 Å². The first-order valence-corrected chi connectivity index (χ1v) is 5.29. The lowest BCUT2D eigenvalue weighted by molar-refractivity contribution is 0.180. The van der Waals surface area contributed by atoms with Crippen LogP contribution in [-0.4, -0.2) is 30.4 Å². The van der Waals surface area contributed by atoms with E-state index in [-0.39, 0.29) is 22.5 Å². The van der Waals surface area contributed by atoms with Crippen LogP contribution in [-0.2, 0) is 4.74 Å². The summed E-state index contributed by atoms with van der Waals surface area (Å²) in [5.74, 6) is 0.0773. The molecule has 0 N–H and O–H groups in total. The van der Waals surface area contributed by atoms with Gasteiger partial charge in [-0.25, -0.2) is 4.98 Å². The lowest BCUT2D eigenvalue weighted by Gasteiger charge is -2.15. The Balaban J connectivity index is 3.01. The molecule has 1 atom stereocenters. The first-order valence-electron chi connectivity index (χ1n) is 4.91. The van der Waals surface area contributed by atoms with Crippen LogP contribution in [0.5, 0.6) is 5.75 Å². The molecule has 16 heavy (non-hydrogen) atoms. The monoisotopic (exact) mass is 246 g/mol. The van der Waals surface area contributed by atoms with Crippen molar-refractivity contribution < 1.29 is 9.47 Å². The summed E-state index contributed by atoms with van der Waals surface area (Å²) in [6.07, 6.45) is 2.15. The van der Waals surface area contributed by atoms with Crippen LogP contribution >= 0.6 is 11.6 Å². The molecule has 0 fully saturated rings. The number of aromatic nitrogens is 2. The minimum absolute atomic E-state index is 0.00823. The van der Waals surface area contributed by atoms with Crippen LogP contribution in [0.4, 0.5) is 0 Å². The molecule has 0 saturated heterocycles. The topological polar surface area (TPSA) is 53.4 Å². The predicted molar refractivity (Wildman–Crippen MR) is 61.3 cm³/mol. The fraction of sp³-hybridized carbons (Fsp3) is 0.600. The zero-order valence-corrected chi connectivity index (χ0v) is 10.3. The molecule has 90 valence electrons. The number of methoxy groups -OCH3 is 2. The summed E-state index contributed by atoms with van der Waals surface area (Å²) in [6, 6.07) is -0.00823.